The van der Waals surface area contributed by atoms with E-state index < -0.39 is 0 Å². The number of aliphatic imine (C=N–C) groups is 1. The molecule has 1 aromatic rings. The average molecular weight is 121 g/mol. The summed E-state index contributed by atoms with van der Waals surface area (Å²) in [5, 5.41) is 0. The normalized spacial score (nSPS) is 11.8. The van der Waals surface area contributed by atoms with E-state index >= 15 is 0 Å². The number of hydrogen-bond donors (Lipinski definition) is 0. The zero-order valence-electron chi connectivity index (χ0n) is 6.12. The quantitative estimate of drug-likeness (QED) is 0.506. The molecule has 0 N–H and O–H groups in total. The molecule has 0 heterocycles. The molecular formula is C8H9N. The molecule has 0 fully saturated rings. The second-order valence-corrected chi connectivity index (χ2v) is 1.65. The van der Waals surface area contributed by atoms with Crippen molar-refractivity contribution in [1.82, 2.24) is 0 Å². The highest BCUT2D eigenvalue weighted by atomic mass is 14.7. The van der Waals surface area contributed by atoms with E-state index in [4.69, 9.17) is 1.37 Å². The number of benzene rings is 1. The van der Waals surface area contributed by atoms with Gasteiger partial charge in [0.05, 0.1) is 5.69 Å². The zero-order valence-corrected chi connectivity index (χ0v) is 5.12. The summed E-state index contributed by atoms with van der Waals surface area (Å²) in [6, 6.07) is 9.62. The Kier molecular flexibility index (Phi) is 1.59. The first-order valence-corrected chi connectivity index (χ1v) is 2.80. The first-order valence-electron chi connectivity index (χ1n) is 3.51. The molecule has 46 valence electrons. The molecule has 0 spiro atoms. The highest BCUT2D eigenvalue weighted by molar-refractivity contribution is 5.59. The van der Waals surface area contributed by atoms with Gasteiger partial charge in [0.25, 0.3) is 0 Å². The van der Waals surface area contributed by atoms with E-state index in [2.05, 4.69) is 4.99 Å². The van der Waals surface area contributed by atoms with Crippen LogP contribution in [0.15, 0.2) is 35.3 Å². The van der Waals surface area contributed by atoms with Crippen LogP contribution < -0.4 is 0 Å². The van der Waals surface area contributed by atoms with Crippen molar-refractivity contribution in [2.45, 2.75) is 6.90 Å². The monoisotopic (exact) mass is 121 g/mol. The smallest absolute Gasteiger partial charge is 0.0625 e. The summed E-state index contributed by atoms with van der Waals surface area (Å²) in [4.78, 5) is 4.01. The third-order valence-corrected chi connectivity index (χ3v) is 0.997. The van der Waals surface area contributed by atoms with Crippen LogP contribution in [0.25, 0.3) is 0 Å². The largest absolute Gasteiger partial charge is 0.262 e. The molecule has 0 atom stereocenters. The minimum absolute atomic E-state index is 0.245. The van der Waals surface area contributed by atoms with E-state index in [1.807, 2.05) is 30.3 Å². The Morgan fingerprint density at radius 2 is 2.22 bits per heavy atom. The molecular weight excluding hydrogens is 110 g/mol. The molecule has 1 heteroatoms. The van der Waals surface area contributed by atoms with Gasteiger partial charge in [-0.1, -0.05) is 18.2 Å². The fourth-order valence-electron chi connectivity index (χ4n) is 0.619. The van der Waals surface area contributed by atoms with Crippen LogP contribution >= 0.6 is 0 Å². The molecule has 1 aromatic carbocycles. The van der Waals surface area contributed by atoms with Gasteiger partial charge >= 0.3 is 0 Å². The van der Waals surface area contributed by atoms with Gasteiger partial charge in [0.1, 0.15) is 0 Å². The van der Waals surface area contributed by atoms with Crippen LogP contribution in [-0.2, 0) is 0 Å². The van der Waals surface area contributed by atoms with Gasteiger partial charge in [-0.15, -0.1) is 0 Å². The molecule has 0 amide bonds. The summed E-state index contributed by atoms with van der Waals surface area (Å²) < 4.78 is 6.80. The Morgan fingerprint density at radius 1 is 1.44 bits per heavy atom. The van der Waals surface area contributed by atoms with Gasteiger partial charge in [-0.25, -0.2) is 0 Å². The number of nitrogens with zero attached hydrogens (tertiary/aromatic N) is 1. The maximum atomic E-state index is 6.80. The Bertz CT molecular complexity index is 206. The van der Waals surface area contributed by atoms with Crippen molar-refractivity contribution in [3.63, 3.8) is 0 Å². The SMILES string of the molecule is [3H]CC=Nc1ccccc1. The van der Waals surface area contributed by atoms with Gasteiger partial charge in [0.2, 0.25) is 0 Å². The predicted octanol–water partition coefficient (Wildman–Crippen LogP) is 2.41. The average Bonchev–Trinajstić information content (AvgIpc) is 2.03. The highest BCUT2D eigenvalue weighted by Gasteiger charge is 1.78. The highest BCUT2D eigenvalue weighted by Crippen LogP contribution is 2.07. The van der Waals surface area contributed by atoms with E-state index in [0.717, 1.165) is 5.69 Å². The molecule has 1 rings (SSSR count). The van der Waals surface area contributed by atoms with E-state index in [1.54, 1.807) is 6.21 Å². The van der Waals surface area contributed by atoms with Crippen LogP contribution in [0.5, 0.6) is 0 Å². The summed E-state index contributed by atoms with van der Waals surface area (Å²) in [5.41, 5.74) is 0.912. The first-order chi connectivity index (χ1) is 4.93. The van der Waals surface area contributed by atoms with Crippen molar-refractivity contribution >= 4 is 11.9 Å². The molecule has 0 unspecified atom stereocenters. The molecule has 0 aromatic heterocycles. The number of rotatable bonds is 1. The Balaban J connectivity index is 2.67. The van der Waals surface area contributed by atoms with Crippen LogP contribution in [0, 0.1) is 0 Å². The maximum absolute atomic E-state index is 6.80. The Morgan fingerprint density at radius 3 is 2.89 bits per heavy atom. The Hall–Kier alpha value is -1.11. The van der Waals surface area contributed by atoms with Gasteiger partial charge in [-0.2, -0.15) is 0 Å². The van der Waals surface area contributed by atoms with Crippen molar-refractivity contribution in [3.8, 4) is 0 Å². The van der Waals surface area contributed by atoms with E-state index in [1.165, 1.54) is 0 Å². The van der Waals surface area contributed by atoms with Gasteiger partial charge < -0.3 is 0 Å². The summed E-state index contributed by atoms with van der Waals surface area (Å²) in [6.07, 6.45) is 1.58. The summed E-state index contributed by atoms with van der Waals surface area (Å²) >= 11 is 0. The molecule has 1 nitrogen and oxygen atoms in total. The lowest BCUT2D eigenvalue weighted by Crippen LogP contribution is -1.61. The van der Waals surface area contributed by atoms with Gasteiger partial charge in [0, 0.05) is 7.59 Å². The molecule has 0 radical (unpaired) electrons. The zero-order chi connectivity index (χ0) is 7.23. The lowest BCUT2D eigenvalue weighted by Gasteiger charge is -1.86. The van der Waals surface area contributed by atoms with Crippen LogP contribution in [-0.4, -0.2) is 6.21 Å². The maximum Gasteiger partial charge on any atom is 0.0625 e. The summed E-state index contributed by atoms with van der Waals surface area (Å²) in [7, 11) is 0. The molecule has 0 aliphatic rings. The van der Waals surface area contributed by atoms with Crippen LogP contribution in [0.3, 0.4) is 0 Å². The van der Waals surface area contributed by atoms with Crippen molar-refractivity contribution in [2.75, 3.05) is 0 Å². The molecule has 0 aliphatic heterocycles. The topological polar surface area (TPSA) is 12.4 Å². The van der Waals surface area contributed by atoms with E-state index in [-0.39, 0.29) is 6.90 Å². The van der Waals surface area contributed by atoms with Crippen LogP contribution in [0.4, 0.5) is 5.69 Å². The lowest BCUT2D eigenvalue weighted by molar-refractivity contribution is 1.53. The second-order valence-electron chi connectivity index (χ2n) is 1.65. The standard InChI is InChI=1S/C8H9N/c1-2-9-8-6-4-3-5-7-8/h2-7H,1H3/i1T. The third-order valence-electron chi connectivity index (χ3n) is 0.997. The summed E-state index contributed by atoms with van der Waals surface area (Å²) in [5.74, 6) is 0. The minimum atomic E-state index is 0.245. The number of para-hydroxylation sites is 1. The number of hydrogen-bond acceptors (Lipinski definition) is 1. The molecule has 0 saturated heterocycles. The molecule has 9 heavy (non-hydrogen) atoms. The van der Waals surface area contributed by atoms with Gasteiger partial charge in [-0.3, -0.25) is 4.99 Å². The first kappa shape index (κ1) is 4.74. The van der Waals surface area contributed by atoms with Gasteiger partial charge in [0.15, 0.2) is 0 Å². The van der Waals surface area contributed by atoms with Crippen LogP contribution in [0.1, 0.15) is 8.27 Å². The lowest BCUT2D eigenvalue weighted by atomic mass is 10.3. The van der Waals surface area contributed by atoms with Crippen LogP contribution in [0.2, 0.25) is 0 Å². The fourth-order valence-corrected chi connectivity index (χ4v) is 0.619. The molecule has 0 aliphatic carbocycles. The summed E-state index contributed by atoms with van der Waals surface area (Å²) in [6.45, 7) is 0.245. The third kappa shape index (κ3) is 1.68. The van der Waals surface area contributed by atoms with Crippen molar-refractivity contribution in [3.05, 3.63) is 30.3 Å². The molecule has 0 bridgehead atoms. The van der Waals surface area contributed by atoms with E-state index in [0.29, 0.717) is 0 Å². The van der Waals surface area contributed by atoms with E-state index in [9.17, 15) is 0 Å². The minimum Gasteiger partial charge on any atom is -0.262 e. The fraction of sp³-hybridized carbons (Fsp3) is 0.125. The van der Waals surface area contributed by atoms with Crippen molar-refractivity contribution < 1.29 is 1.37 Å². The predicted molar refractivity (Wildman–Crippen MR) is 40.3 cm³/mol. The molecule has 0 saturated carbocycles. The second kappa shape index (κ2) is 3.02. The van der Waals surface area contributed by atoms with Crippen molar-refractivity contribution in [1.29, 1.82) is 0 Å². The Labute approximate surface area is 56.5 Å². The van der Waals surface area contributed by atoms with Crippen molar-refractivity contribution in [2.24, 2.45) is 4.99 Å². The van der Waals surface area contributed by atoms with Gasteiger partial charge in [-0.05, 0) is 19.0 Å².